The first kappa shape index (κ1) is 29.0. The molecule has 3 fully saturated rings. The van der Waals surface area contributed by atoms with Crippen LogP contribution in [-0.2, 0) is 23.1 Å². The number of rotatable bonds is 13. The van der Waals surface area contributed by atoms with Crippen LogP contribution in [0.15, 0.2) is 36.4 Å². The minimum atomic E-state index is -0.158. The van der Waals surface area contributed by atoms with E-state index in [0.717, 1.165) is 68.7 Å². The number of unbranched alkanes of at least 4 members (excludes halogenated alkanes) is 4. The molecule has 0 radical (unpaired) electrons. The van der Waals surface area contributed by atoms with Crippen LogP contribution in [0.4, 0.5) is 0 Å². The molecule has 6 nitrogen and oxygen atoms in total. The SMILES string of the molecule is CCN(C(=O)CCCCCCCc1ccccc1)[C@@H]1CC[C@H]2[C@H]3Cc4c(O)cc(OC)c5c4[C@@]2(CCN3CC2CC2)[C@H]1O5. The fourth-order valence-electron chi connectivity index (χ4n) is 9.50. The molecule has 5 atom stereocenters. The Labute approximate surface area is 257 Å². The lowest BCUT2D eigenvalue weighted by atomic mass is 9.50. The maximum atomic E-state index is 13.8. The van der Waals surface area contributed by atoms with Gasteiger partial charge in [0.2, 0.25) is 5.91 Å². The maximum absolute atomic E-state index is 13.8. The predicted molar refractivity (Wildman–Crippen MR) is 169 cm³/mol. The number of phenols is 1. The number of benzene rings is 2. The van der Waals surface area contributed by atoms with E-state index >= 15 is 0 Å². The van der Waals surface area contributed by atoms with E-state index in [1.807, 2.05) is 0 Å². The number of hydrogen-bond acceptors (Lipinski definition) is 5. The molecule has 2 aromatic carbocycles. The molecule has 43 heavy (non-hydrogen) atoms. The number of hydrogen-bond donors (Lipinski definition) is 1. The summed E-state index contributed by atoms with van der Waals surface area (Å²) in [5.74, 6) is 3.44. The average molecular weight is 587 g/mol. The van der Waals surface area contributed by atoms with Gasteiger partial charge < -0.3 is 19.5 Å². The molecule has 2 heterocycles. The third-order valence-electron chi connectivity index (χ3n) is 11.7. The standard InChI is InChI=1S/C37H50N2O4/c1-3-39(33(41)15-11-6-4-5-8-12-25-13-9-7-10-14-25)29-19-18-28-30-22-27-31(40)23-32(42-2)35-34(27)37(28,36(29)43-35)20-21-38(30)24-26-16-17-26/h7,9-10,13-14,23,26,28-30,36,40H,3-6,8,11-12,15-22,24H2,1-2H3/t28-,29+,30+,36-,37-/m0/s1. The Hall–Kier alpha value is -2.73. The number of ether oxygens (including phenoxy) is 2. The van der Waals surface area contributed by atoms with Crippen molar-refractivity contribution in [3.05, 3.63) is 53.1 Å². The Morgan fingerprint density at radius 3 is 2.65 bits per heavy atom. The first-order valence-corrected chi connectivity index (χ1v) is 17.2. The van der Waals surface area contributed by atoms with Gasteiger partial charge in [0.05, 0.1) is 13.2 Å². The van der Waals surface area contributed by atoms with Gasteiger partial charge in [0.1, 0.15) is 11.9 Å². The number of methoxy groups -OCH3 is 1. The van der Waals surface area contributed by atoms with Crippen molar-refractivity contribution in [2.75, 3.05) is 26.7 Å². The molecular formula is C37H50N2O4. The lowest BCUT2D eigenvalue weighted by Crippen LogP contribution is -2.69. The number of piperidine rings is 1. The zero-order valence-corrected chi connectivity index (χ0v) is 26.2. The molecule has 3 aliphatic carbocycles. The molecule has 2 aliphatic heterocycles. The van der Waals surface area contributed by atoms with Gasteiger partial charge in [0, 0.05) is 48.2 Å². The summed E-state index contributed by atoms with van der Waals surface area (Å²) in [4.78, 5) is 18.7. The van der Waals surface area contributed by atoms with E-state index < -0.39 is 0 Å². The molecular weight excluding hydrogens is 536 g/mol. The summed E-state index contributed by atoms with van der Waals surface area (Å²) < 4.78 is 12.8. The molecule has 7 rings (SSSR count). The molecule has 1 spiro atoms. The number of amides is 1. The minimum Gasteiger partial charge on any atom is -0.508 e. The van der Waals surface area contributed by atoms with E-state index in [0.29, 0.717) is 36.4 Å². The summed E-state index contributed by atoms with van der Waals surface area (Å²) in [5.41, 5.74) is 3.54. The van der Waals surface area contributed by atoms with Crippen molar-refractivity contribution >= 4 is 5.91 Å². The number of carbonyl (C=O) groups excluding carboxylic acids is 1. The van der Waals surface area contributed by atoms with Crippen LogP contribution in [-0.4, -0.2) is 65.7 Å². The predicted octanol–water partition coefficient (Wildman–Crippen LogP) is 6.65. The minimum absolute atomic E-state index is 0.0560. The van der Waals surface area contributed by atoms with Crippen molar-refractivity contribution in [1.82, 2.24) is 9.80 Å². The molecule has 1 amide bonds. The van der Waals surface area contributed by atoms with Crippen LogP contribution < -0.4 is 9.47 Å². The van der Waals surface area contributed by atoms with Crippen molar-refractivity contribution in [1.29, 1.82) is 0 Å². The zero-order chi connectivity index (χ0) is 29.6. The number of likely N-dealkylation sites (N-methyl/N-ethyl adjacent to an activating group) is 1. The van der Waals surface area contributed by atoms with E-state index in [-0.39, 0.29) is 23.5 Å². The summed E-state index contributed by atoms with van der Waals surface area (Å²) in [5, 5.41) is 11.3. The molecule has 2 saturated carbocycles. The van der Waals surface area contributed by atoms with Gasteiger partial charge in [-0.3, -0.25) is 9.69 Å². The molecule has 0 aromatic heterocycles. The number of nitrogens with zero attached hydrogens (tertiary/aromatic N) is 2. The number of aryl methyl sites for hydroxylation is 1. The molecule has 2 bridgehead atoms. The van der Waals surface area contributed by atoms with E-state index in [9.17, 15) is 9.90 Å². The topological polar surface area (TPSA) is 62.2 Å². The molecule has 5 aliphatic rings. The highest BCUT2D eigenvalue weighted by molar-refractivity contribution is 5.77. The van der Waals surface area contributed by atoms with E-state index in [2.05, 4.69) is 47.1 Å². The van der Waals surface area contributed by atoms with Crippen LogP contribution in [0.1, 0.15) is 94.2 Å². The van der Waals surface area contributed by atoms with Crippen molar-refractivity contribution in [3.63, 3.8) is 0 Å². The lowest BCUT2D eigenvalue weighted by Gasteiger charge is -2.60. The number of likely N-dealkylation sites (tertiary alicyclic amines) is 1. The lowest BCUT2D eigenvalue weighted by molar-refractivity contribution is -0.142. The number of aromatic hydroxyl groups is 1. The highest BCUT2D eigenvalue weighted by atomic mass is 16.5. The Kier molecular flexibility index (Phi) is 8.09. The maximum Gasteiger partial charge on any atom is 0.222 e. The second kappa shape index (κ2) is 12.0. The second-order valence-electron chi connectivity index (χ2n) is 14.0. The molecule has 6 heteroatoms. The monoisotopic (exact) mass is 586 g/mol. The normalized spacial score (nSPS) is 28.7. The van der Waals surface area contributed by atoms with Crippen molar-refractivity contribution in [3.8, 4) is 17.2 Å². The molecule has 1 N–H and O–H groups in total. The van der Waals surface area contributed by atoms with Gasteiger partial charge in [-0.05, 0) is 88.7 Å². The Morgan fingerprint density at radius 1 is 1.09 bits per heavy atom. The van der Waals surface area contributed by atoms with Crippen molar-refractivity contribution in [2.24, 2.45) is 11.8 Å². The van der Waals surface area contributed by atoms with Crippen LogP contribution >= 0.6 is 0 Å². The van der Waals surface area contributed by atoms with E-state index in [1.54, 1.807) is 13.2 Å². The summed E-state index contributed by atoms with van der Waals surface area (Å²) >= 11 is 0. The van der Waals surface area contributed by atoms with Gasteiger partial charge in [-0.1, -0.05) is 49.6 Å². The van der Waals surface area contributed by atoms with Crippen molar-refractivity contribution < 1.29 is 19.4 Å². The second-order valence-corrected chi connectivity index (χ2v) is 14.0. The van der Waals surface area contributed by atoms with Crippen LogP contribution in [0.5, 0.6) is 17.2 Å². The van der Waals surface area contributed by atoms with E-state index in [1.165, 1.54) is 49.8 Å². The molecule has 232 valence electrons. The van der Waals surface area contributed by atoms with Gasteiger partial charge in [-0.2, -0.15) is 0 Å². The van der Waals surface area contributed by atoms with Crippen LogP contribution in [0.3, 0.4) is 0 Å². The fraction of sp³-hybridized carbons (Fsp3) is 0.649. The highest BCUT2D eigenvalue weighted by Crippen LogP contribution is 2.65. The van der Waals surface area contributed by atoms with E-state index in [4.69, 9.17) is 9.47 Å². The van der Waals surface area contributed by atoms with Gasteiger partial charge in [-0.25, -0.2) is 0 Å². The summed E-state index contributed by atoms with van der Waals surface area (Å²) in [6.07, 6.45) is 14.1. The summed E-state index contributed by atoms with van der Waals surface area (Å²) in [6.45, 7) is 5.11. The molecule has 0 unspecified atom stereocenters. The highest BCUT2D eigenvalue weighted by Gasteiger charge is 2.67. The first-order chi connectivity index (χ1) is 21.0. The summed E-state index contributed by atoms with van der Waals surface area (Å²) in [7, 11) is 1.67. The van der Waals surface area contributed by atoms with Gasteiger partial charge in [-0.15, -0.1) is 0 Å². The Balaban J connectivity index is 1.05. The zero-order valence-electron chi connectivity index (χ0n) is 26.2. The van der Waals surface area contributed by atoms with Crippen LogP contribution in [0.25, 0.3) is 0 Å². The van der Waals surface area contributed by atoms with Gasteiger partial charge in [0.15, 0.2) is 11.5 Å². The number of phenolic OH excluding ortho intramolecular Hbond substituents is 1. The van der Waals surface area contributed by atoms with Crippen LogP contribution in [0.2, 0.25) is 0 Å². The third-order valence-corrected chi connectivity index (χ3v) is 11.7. The van der Waals surface area contributed by atoms with Gasteiger partial charge >= 0.3 is 0 Å². The quantitative estimate of drug-likeness (QED) is 0.266. The van der Waals surface area contributed by atoms with Crippen molar-refractivity contribution in [2.45, 2.75) is 114 Å². The molecule has 2 aromatic rings. The first-order valence-electron chi connectivity index (χ1n) is 17.2. The largest absolute Gasteiger partial charge is 0.508 e. The Morgan fingerprint density at radius 2 is 1.88 bits per heavy atom. The third kappa shape index (κ3) is 5.11. The fourth-order valence-corrected chi connectivity index (χ4v) is 9.50. The Bertz CT molecular complexity index is 1310. The average Bonchev–Trinajstić information content (AvgIpc) is 3.78. The number of carbonyl (C=O) groups is 1. The van der Waals surface area contributed by atoms with Crippen LogP contribution in [0, 0.1) is 11.8 Å². The van der Waals surface area contributed by atoms with Gasteiger partial charge in [0.25, 0.3) is 0 Å². The smallest absolute Gasteiger partial charge is 0.222 e. The summed E-state index contributed by atoms with van der Waals surface area (Å²) in [6, 6.07) is 13.0. The molecule has 1 saturated heterocycles.